The van der Waals surface area contributed by atoms with Gasteiger partial charge in [-0.3, -0.25) is 0 Å². The summed E-state index contributed by atoms with van der Waals surface area (Å²) in [5, 5.41) is 0. The van der Waals surface area contributed by atoms with Crippen LogP contribution in [-0.4, -0.2) is 61.7 Å². The van der Waals surface area contributed by atoms with Crippen LogP contribution in [0, 0.1) is 0 Å². The molecule has 0 aliphatic carbocycles. The standard InChI is InChI=1S/C13H30O6Si2/c1-7-14-13(15-8-2,16-9-3)20(17-10-4)21(18-11-5)19-12-6/h7-12H2,1-6H3. The van der Waals surface area contributed by atoms with Gasteiger partial charge in [0, 0.05) is 19.8 Å². The van der Waals surface area contributed by atoms with Crippen LogP contribution in [0.25, 0.3) is 0 Å². The van der Waals surface area contributed by atoms with Crippen LogP contribution < -0.4 is 0 Å². The second-order valence-electron chi connectivity index (χ2n) is 3.77. The first-order valence-electron chi connectivity index (χ1n) is 7.70. The third-order valence-corrected chi connectivity index (χ3v) is 8.68. The van der Waals surface area contributed by atoms with Crippen molar-refractivity contribution in [3.05, 3.63) is 0 Å². The number of hydrogen-bond donors (Lipinski definition) is 0. The second kappa shape index (κ2) is 12.3. The number of hydrogen-bond acceptors (Lipinski definition) is 6. The Morgan fingerprint density at radius 2 is 0.952 bits per heavy atom. The van der Waals surface area contributed by atoms with Crippen molar-refractivity contribution in [2.75, 3.05) is 39.6 Å². The quantitative estimate of drug-likeness (QED) is 0.378. The summed E-state index contributed by atoms with van der Waals surface area (Å²) < 4.78 is 35.1. The van der Waals surface area contributed by atoms with Gasteiger partial charge in [-0.05, 0) is 41.5 Å². The Kier molecular flexibility index (Phi) is 12.1. The van der Waals surface area contributed by atoms with E-state index in [2.05, 4.69) is 0 Å². The first-order valence-corrected chi connectivity index (χ1v) is 11.4. The number of rotatable bonds is 13. The van der Waals surface area contributed by atoms with Crippen molar-refractivity contribution in [1.29, 1.82) is 0 Å². The highest BCUT2D eigenvalue weighted by Crippen LogP contribution is 2.18. The molecule has 0 heterocycles. The molecule has 126 valence electrons. The van der Waals surface area contributed by atoms with Crippen molar-refractivity contribution in [3.8, 4) is 0 Å². The molecule has 0 rings (SSSR count). The SMILES string of the molecule is CCO[Si](OCC)=[Si](OCC)C(OCC)(OCC)OCC. The lowest BCUT2D eigenvalue weighted by Gasteiger charge is -2.33. The average Bonchev–Trinajstić information content (AvgIpc) is 2.45. The van der Waals surface area contributed by atoms with Gasteiger partial charge in [0.05, 0.1) is 19.8 Å². The molecule has 8 heteroatoms. The van der Waals surface area contributed by atoms with E-state index in [1.54, 1.807) is 0 Å². The third-order valence-electron chi connectivity index (χ3n) is 2.31. The lowest BCUT2D eigenvalue weighted by atomic mass is 10.8. The number of ether oxygens (including phenoxy) is 3. The van der Waals surface area contributed by atoms with Crippen LogP contribution in [0.15, 0.2) is 0 Å². The van der Waals surface area contributed by atoms with Crippen molar-refractivity contribution in [2.24, 2.45) is 0 Å². The van der Waals surface area contributed by atoms with Crippen LogP contribution in [0.1, 0.15) is 41.5 Å². The van der Waals surface area contributed by atoms with Crippen LogP contribution in [0.4, 0.5) is 0 Å². The summed E-state index contributed by atoms with van der Waals surface area (Å²) in [7, 11) is -3.42. The molecule has 0 aliphatic heterocycles. The average molecular weight is 339 g/mol. The topological polar surface area (TPSA) is 55.4 Å². The Balaban J connectivity index is 5.77. The Morgan fingerprint density at radius 3 is 1.24 bits per heavy atom. The lowest BCUT2D eigenvalue weighted by molar-refractivity contribution is -0.328. The van der Waals surface area contributed by atoms with E-state index >= 15 is 0 Å². The lowest BCUT2D eigenvalue weighted by Crippen LogP contribution is -2.54. The molecule has 0 spiro atoms. The predicted octanol–water partition coefficient (Wildman–Crippen LogP) is 1.96. The molecule has 0 unspecified atom stereocenters. The Morgan fingerprint density at radius 1 is 0.571 bits per heavy atom. The van der Waals surface area contributed by atoms with Gasteiger partial charge < -0.3 is 27.5 Å². The van der Waals surface area contributed by atoms with Crippen molar-refractivity contribution in [3.63, 3.8) is 0 Å². The van der Waals surface area contributed by atoms with Gasteiger partial charge in [-0.2, -0.15) is 0 Å². The third kappa shape index (κ3) is 6.56. The van der Waals surface area contributed by atoms with Crippen molar-refractivity contribution in [1.82, 2.24) is 0 Å². The smallest absolute Gasteiger partial charge is 0.494 e. The van der Waals surface area contributed by atoms with Gasteiger partial charge in [-0.25, -0.2) is 0 Å². The van der Waals surface area contributed by atoms with Gasteiger partial charge >= 0.3 is 22.1 Å². The normalized spacial score (nSPS) is 11.1. The molecule has 0 aromatic carbocycles. The summed E-state index contributed by atoms with van der Waals surface area (Å²) in [5.74, 6) is 0. The molecule has 0 N–H and O–H groups in total. The van der Waals surface area contributed by atoms with E-state index in [9.17, 15) is 0 Å². The highest BCUT2D eigenvalue weighted by atomic mass is 28.9. The zero-order valence-corrected chi connectivity index (χ0v) is 16.2. The summed E-state index contributed by atoms with van der Waals surface area (Å²) in [5.41, 5.74) is -1.18. The first kappa shape index (κ1) is 20.7. The van der Waals surface area contributed by atoms with E-state index in [1.165, 1.54) is 0 Å². The molecular formula is C13H30O6Si2. The Bertz CT molecular complexity index is 273. The highest BCUT2D eigenvalue weighted by molar-refractivity contribution is 6.87. The molecule has 0 radical (unpaired) electrons. The molecule has 0 saturated heterocycles. The van der Waals surface area contributed by atoms with Crippen LogP contribution in [0.5, 0.6) is 0 Å². The van der Waals surface area contributed by atoms with Crippen LogP contribution in [0.2, 0.25) is 0 Å². The van der Waals surface area contributed by atoms with Crippen molar-refractivity contribution in [2.45, 2.75) is 47.1 Å². The maximum atomic E-state index is 5.95. The summed E-state index contributed by atoms with van der Waals surface area (Å²) in [6.07, 6.45) is 0. The van der Waals surface area contributed by atoms with Crippen LogP contribution in [-0.2, 0) is 27.5 Å². The van der Waals surface area contributed by atoms with Crippen molar-refractivity contribution < 1.29 is 27.5 Å². The van der Waals surface area contributed by atoms with Gasteiger partial charge in [0.15, 0.2) is 0 Å². The predicted molar refractivity (Wildman–Crippen MR) is 84.0 cm³/mol. The molecule has 21 heavy (non-hydrogen) atoms. The monoisotopic (exact) mass is 338 g/mol. The zero-order valence-electron chi connectivity index (χ0n) is 14.2. The zero-order chi connectivity index (χ0) is 16.1. The first-order chi connectivity index (χ1) is 10.2. The molecule has 0 bridgehead atoms. The minimum absolute atomic E-state index is 0.467. The maximum Gasteiger partial charge on any atom is 0.494 e. The highest BCUT2D eigenvalue weighted by Gasteiger charge is 2.46. The van der Waals surface area contributed by atoms with Gasteiger partial charge in [0.1, 0.15) is 0 Å². The van der Waals surface area contributed by atoms with Gasteiger partial charge in [0.2, 0.25) is 0 Å². The molecule has 0 aromatic rings. The summed E-state index contributed by atoms with van der Waals surface area (Å²) >= 11 is 0. The molecule has 0 aromatic heterocycles. The minimum Gasteiger partial charge on any atom is -0.544 e. The van der Waals surface area contributed by atoms with Crippen LogP contribution in [0.3, 0.4) is 0 Å². The fraction of sp³-hybridized carbons (Fsp3) is 1.00. The van der Waals surface area contributed by atoms with E-state index in [0.29, 0.717) is 39.6 Å². The molecule has 0 atom stereocenters. The Hall–Kier alpha value is -0.286. The minimum atomic E-state index is -1.75. The van der Waals surface area contributed by atoms with Gasteiger partial charge in [0.25, 0.3) is 0 Å². The summed E-state index contributed by atoms with van der Waals surface area (Å²) in [4.78, 5) is 0. The van der Waals surface area contributed by atoms with Crippen LogP contribution >= 0.6 is 0 Å². The van der Waals surface area contributed by atoms with E-state index in [-0.39, 0.29) is 0 Å². The Labute approximate surface area is 131 Å². The maximum absolute atomic E-state index is 5.95. The fourth-order valence-electron chi connectivity index (χ4n) is 1.74. The van der Waals surface area contributed by atoms with E-state index < -0.39 is 22.1 Å². The fourth-order valence-corrected chi connectivity index (χ4v) is 8.11. The van der Waals surface area contributed by atoms with E-state index in [0.717, 1.165) is 0 Å². The van der Waals surface area contributed by atoms with Crippen molar-refractivity contribution >= 4 is 16.5 Å². The molecule has 0 saturated carbocycles. The van der Waals surface area contributed by atoms with Gasteiger partial charge in [-0.15, -0.1) is 0 Å². The second-order valence-corrected chi connectivity index (χ2v) is 9.07. The molecule has 0 fully saturated rings. The van der Waals surface area contributed by atoms with E-state index in [4.69, 9.17) is 27.5 Å². The molecule has 6 nitrogen and oxygen atoms in total. The van der Waals surface area contributed by atoms with Gasteiger partial charge in [-0.1, -0.05) is 0 Å². The molecule has 0 amide bonds. The largest absolute Gasteiger partial charge is 0.544 e. The summed E-state index contributed by atoms with van der Waals surface area (Å²) in [6.45, 7) is 14.6. The molecular weight excluding hydrogens is 308 g/mol. The van der Waals surface area contributed by atoms with E-state index in [1.807, 2.05) is 41.5 Å². The molecule has 0 aliphatic rings. The summed E-state index contributed by atoms with van der Waals surface area (Å²) in [6, 6.07) is 0.